The van der Waals surface area contributed by atoms with E-state index in [9.17, 15) is 0 Å². The maximum Gasteiger partial charge on any atom is 0.00958 e. The molecule has 1 fully saturated rings. The normalized spacial score (nSPS) is 20.6. The third-order valence-corrected chi connectivity index (χ3v) is 5.73. The van der Waals surface area contributed by atoms with Crippen molar-refractivity contribution < 1.29 is 0 Å². The standard InChI is InChI=1S/C12H23BrS/c1-11(2)5-8-14-10-12(9-13)6-3-4-7-12/h11H,3-10H2,1-2H3. The van der Waals surface area contributed by atoms with Crippen molar-refractivity contribution >= 4 is 27.7 Å². The molecule has 1 saturated carbocycles. The van der Waals surface area contributed by atoms with Gasteiger partial charge in [-0.25, -0.2) is 0 Å². The molecule has 1 rings (SSSR count). The lowest BCUT2D eigenvalue weighted by Crippen LogP contribution is -2.21. The molecule has 0 heterocycles. The second-order valence-electron chi connectivity index (χ2n) is 5.08. The number of thioether (sulfide) groups is 1. The molecule has 0 unspecified atom stereocenters. The van der Waals surface area contributed by atoms with E-state index in [1.54, 1.807) is 0 Å². The summed E-state index contributed by atoms with van der Waals surface area (Å²) in [6.45, 7) is 4.63. The average molecular weight is 279 g/mol. The van der Waals surface area contributed by atoms with E-state index in [0.29, 0.717) is 5.41 Å². The van der Waals surface area contributed by atoms with Gasteiger partial charge in [-0.1, -0.05) is 42.6 Å². The van der Waals surface area contributed by atoms with Crippen LogP contribution in [-0.2, 0) is 0 Å². The van der Waals surface area contributed by atoms with E-state index in [2.05, 4.69) is 41.5 Å². The molecule has 0 N–H and O–H groups in total. The summed E-state index contributed by atoms with van der Waals surface area (Å²) in [5, 5.41) is 1.22. The van der Waals surface area contributed by atoms with E-state index in [0.717, 1.165) is 5.92 Å². The van der Waals surface area contributed by atoms with E-state index in [1.807, 2.05) is 0 Å². The molecule has 14 heavy (non-hydrogen) atoms. The van der Waals surface area contributed by atoms with Crippen LogP contribution in [-0.4, -0.2) is 16.8 Å². The Bertz CT molecular complexity index is 150. The molecule has 0 aliphatic heterocycles. The first-order chi connectivity index (χ1) is 6.68. The molecule has 1 aliphatic carbocycles. The molecule has 0 saturated heterocycles. The summed E-state index contributed by atoms with van der Waals surface area (Å²) >= 11 is 5.87. The van der Waals surface area contributed by atoms with Gasteiger partial charge in [0.15, 0.2) is 0 Å². The first-order valence-electron chi connectivity index (χ1n) is 5.82. The highest BCUT2D eigenvalue weighted by atomic mass is 79.9. The number of hydrogen-bond acceptors (Lipinski definition) is 1. The maximum absolute atomic E-state index is 3.70. The van der Waals surface area contributed by atoms with E-state index < -0.39 is 0 Å². The van der Waals surface area contributed by atoms with Crippen molar-refractivity contribution in [2.45, 2.75) is 46.0 Å². The predicted octanol–water partition coefficient (Wildman–Crippen LogP) is 4.72. The fourth-order valence-electron chi connectivity index (χ4n) is 2.05. The third-order valence-electron chi connectivity index (χ3n) is 3.20. The Morgan fingerprint density at radius 3 is 2.43 bits per heavy atom. The Balaban J connectivity index is 2.15. The molecule has 1 aliphatic rings. The molecular formula is C12H23BrS. The van der Waals surface area contributed by atoms with Crippen LogP contribution in [0.1, 0.15) is 46.0 Å². The molecule has 0 aromatic carbocycles. The summed E-state index contributed by atoms with van der Waals surface area (Å²) < 4.78 is 0. The van der Waals surface area contributed by atoms with Crippen molar-refractivity contribution in [3.8, 4) is 0 Å². The van der Waals surface area contributed by atoms with E-state index in [4.69, 9.17) is 0 Å². The topological polar surface area (TPSA) is 0 Å². The predicted molar refractivity (Wildman–Crippen MR) is 71.5 cm³/mol. The number of hydrogen-bond donors (Lipinski definition) is 0. The minimum atomic E-state index is 0.654. The fraction of sp³-hybridized carbons (Fsp3) is 1.00. The van der Waals surface area contributed by atoms with Gasteiger partial charge in [0.05, 0.1) is 0 Å². The van der Waals surface area contributed by atoms with Crippen molar-refractivity contribution in [3.05, 3.63) is 0 Å². The molecule has 0 amide bonds. The Labute approximate surface area is 102 Å². The van der Waals surface area contributed by atoms with Gasteiger partial charge in [0, 0.05) is 5.33 Å². The molecule has 84 valence electrons. The van der Waals surface area contributed by atoms with Gasteiger partial charge < -0.3 is 0 Å². The molecular weight excluding hydrogens is 256 g/mol. The molecule has 0 spiro atoms. The zero-order chi connectivity index (χ0) is 10.4. The Kier molecular flexibility index (Phi) is 5.91. The van der Waals surface area contributed by atoms with E-state index >= 15 is 0 Å². The number of rotatable bonds is 6. The summed E-state index contributed by atoms with van der Waals surface area (Å²) in [6.07, 6.45) is 7.19. The molecule has 0 aromatic heterocycles. The highest BCUT2D eigenvalue weighted by molar-refractivity contribution is 9.09. The van der Waals surface area contributed by atoms with Gasteiger partial charge in [0.2, 0.25) is 0 Å². The first kappa shape index (κ1) is 12.9. The van der Waals surface area contributed by atoms with E-state index in [1.165, 1.54) is 48.9 Å². The fourth-order valence-corrected chi connectivity index (χ4v) is 4.68. The van der Waals surface area contributed by atoms with Crippen molar-refractivity contribution in [3.63, 3.8) is 0 Å². The highest BCUT2D eigenvalue weighted by Crippen LogP contribution is 2.42. The van der Waals surface area contributed by atoms with Crippen molar-refractivity contribution in [2.24, 2.45) is 11.3 Å². The van der Waals surface area contributed by atoms with Crippen LogP contribution in [0.25, 0.3) is 0 Å². The maximum atomic E-state index is 3.70. The van der Waals surface area contributed by atoms with Gasteiger partial charge in [0.1, 0.15) is 0 Å². The molecule has 0 aromatic rings. The van der Waals surface area contributed by atoms with Gasteiger partial charge in [-0.3, -0.25) is 0 Å². The quantitative estimate of drug-likeness (QED) is 0.500. The SMILES string of the molecule is CC(C)CCSCC1(CBr)CCCC1. The molecule has 0 bridgehead atoms. The second kappa shape index (κ2) is 6.42. The number of halogens is 1. The highest BCUT2D eigenvalue weighted by Gasteiger charge is 2.32. The largest absolute Gasteiger partial charge is 0.161 e. The second-order valence-corrected chi connectivity index (χ2v) is 6.74. The number of alkyl halides is 1. The van der Waals surface area contributed by atoms with Crippen molar-refractivity contribution in [1.29, 1.82) is 0 Å². The zero-order valence-corrected chi connectivity index (χ0v) is 11.9. The minimum absolute atomic E-state index is 0.654. The van der Waals surface area contributed by atoms with Crippen LogP contribution in [0, 0.1) is 11.3 Å². The van der Waals surface area contributed by atoms with E-state index in [-0.39, 0.29) is 0 Å². The summed E-state index contributed by atoms with van der Waals surface area (Å²) in [5.41, 5.74) is 0.654. The average Bonchev–Trinajstić information content (AvgIpc) is 2.62. The Hall–Kier alpha value is 0.830. The molecule has 0 radical (unpaired) electrons. The van der Waals surface area contributed by atoms with Gasteiger partial charge in [-0.2, -0.15) is 11.8 Å². The summed E-state index contributed by atoms with van der Waals surface area (Å²) in [6, 6.07) is 0. The Morgan fingerprint density at radius 2 is 1.93 bits per heavy atom. The summed E-state index contributed by atoms with van der Waals surface area (Å²) in [5.74, 6) is 3.60. The minimum Gasteiger partial charge on any atom is -0.161 e. The Morgan fingerprint density at radius 1 is 1.29 bits per heavy atom. The lowest BCUT2D eigenvalue weighted by Gasteiger charge is -2.26. The molecule has 2 heteroatoms. The monoisotopic (exact) mass is 278 g/mol. The van der Waals surface area contributed by atoms with Crippen LogP contribution in [0.2, 0.25) is 0 Å². The zero-order valence-electron chi connectivity index (χ0n) is 9.52. The molecule has 0 atom stereocenters. The smallest absolute Gasteiger partial charge is 0.00958 e. The van der Waals surface area contributed by atoms with Crippen LogP contribution in [0.4, 0.5) is 0 Å². The lowest BCUT2D eigenvalue weighted by molar-refractivity contribution is 0.405. The van der Waals surface area contributed by atoms with Crippen molar-refractivity contribution in [1.82, 2.24) is 0 Å². The first-order valence-corrected chi connectivity index (χ1v) is 8.10. The summed E-state index contributed by atoms with van der Waals surface area (Å²) in [7, 11) is 0. The van der Waals surface area contributed by atoms with Crippen LogP contribution >= 0.6 is 27.7 Å². The van der Waals surface area contributed by atoms with Crippen LogP contribution < -0.4 is 0 Å². The lowest BCUT2D eigenvalue weighted by atomic mass is 9.92. The third kappa shape index (κ3) is 4.14. The van der Waals surface area contributed by atoms with Gasteiger partial charge in [0.25, 0.3) is 0 Å². The van der Waals surface area contributed by atoms with Gasteiger partial charge in [-0.15, -0.1) is 0 Å². The van der Waals surface area contributed by atoms with Crippen LogP contribution in [0.15, 0.2) is 0 Å². The van der Waals surface area contributed by atoms with Crippen LogP contribution in [0.3, 0.4) is 0 Å². The van der Waals surface area contributed by atoms with Crippen molar-refractivity contribution in [2.75, 3.05) is 16.8 Å². The summed E-state index contributed by atoms with van der Waals surface area (Å²) in [4.78, 5) is 0. The van der Waals surface area contributed by atoms with Gasteiger partial charge >= 0.3 is 0 Å². The van der Waals surface area contributed by atoms with Gasteiger partial charge in [-0.05, 0) is 42.1 Å². The van der Waals surface area contributed by atoms with Crippen LogP contribution in [0.5, 0.6) is 0 Å². The molecule has 0 nitrogen and oxygen atoms in total.